The van der Waals surface area contributed by atoms with E-state index in [-0.39, 0.29) is 5.92 Å². The van der Waals surface area contributed by atoms with Crippen molar-refractivity contribution in [2.75, 3.05) is 7.11 Å². The van der Waals surface area contributed by atoms with Crippen molar-refractivity contribution in [1.82, 2.24) is 34.3 Å². The quantitative estimate of drug-likeness (QED) is 0.296. The SMILES string of the molecule is COc1ccc(-c2nc3c4c(ncn3n2)Oc2c(c(C)nn2-c2cccc(Cl)c2)[C@@H]4c2cccnc2)cc1. The van der Waals surface area contributed by atoms with E-state index in [9.17, 15) is 0 Å². The molecule has 9 nitrogen and oxygen atoms in total. The summed E-state index contributed by atoms with van der Waals surface area (Å²) in [6.07, 6.45) is 5.22. The summed E-state index contributed by atoms with van der Waals surface area (Å²) in [6, 6.07) is 19.1. The van der Waals surface area contributed by atoms with Crippen molar-refractivity contribution in [3.63, 3.8) is 0 Å². The Hall–Kier alpha value is -4.76. The summed E-state index contributed by atoms with van der Waals surface area (Å²) < 4.78 is 15.2. The van der Waals surface area contributed by atoms with Crippen LogP contribution in [0.5, 0.6) is 17.5 Å². The van der Waals surface area contributed by atoms with Gasteiger partial charge < -0.3 is 9.47 Å². The lowest BCUT2D eigenvalue weighted by Crippen LogP contribution is -2.16. The van der Waals surface area contributed by atoms with Gasteiger partial charge in [0.05, 0.1) is 35.5 Å². The van der Waals surface area contributed by atoms with Crippen LogP contribution in [0.15, 0.2) is 79.4 Å². The summed E-state index contributed by atoms with van der Waals surface area (Å²) in [7, 11) is 1.64. The Morgan fingerprint density at radius 1 is 1.00 bits per heavy atom. The Balaban J connectivity index is 1.45. The average Bonchev–Trinajstić information content (AvgIpc) is 3.54. The lowest BCUT2D eigenvalue weighted by atomic mass is 9.85. The predicted octanol–water partition coefficient (Wildman–Crippen LogP) is 5.63. The Bertz CT molecular complexity index is 1810. The Morgan fingerprint density at radius 2 is 1.87 bits per heavy atom. The number of halogens is 1. The summed E-state index contributed by atoms with van der Waals surface area (Å²) >= 11 is 6.30. The maximum Gasteiger partial charge on any atom is 0.230 e. The Morgan fingerprint density at radius 3 is 2.63 bits per heavy atom. The number of aryl methyl sites for hydroxylation is 1. The van der Waals surface area contributed by atoms with E-state index < -0.39 is 0 Å². The number of nitrogens with zero attached hydrogens (tertiary/aromatic N) is 7. The molecule has 0 unspecified atom stereocenters. The zero-order valence-corrected chi connectivity index (χ0v) is 21.2. The molecule has 5 heterocycles. The van der Waals surface area contributed by atoms with Crippen LogP contribution >= 0.6 is 11.6 Å². The van der Waals surface area contributed by atoms with Crippen molar-refractivity contribution < 1.29 is 9.47 Å². The van der Waals surface area contributed by atoms with E-state index in [1.54, 1.807) is 28.8 Å². The van der Waals surface area contributed by atoms with E-state index in [2.05, 4.69) is 9.97 Å². The van der Waals surface area contributed by atoms with Crippen LogP contribution in [0.1, 0.15) is 28.3 Å². The third kappa shape index (κ3) is 3.51. The van der Waals surface area contributed by atoms with Crippen LogP contribution < -0.4 is 9.47 Å². The van der Waals surface area contributed by atoms with Crippen LogP contribution in [0.25, 0.3) is 22.7 Å². The van der Waals surface area contributed by atoms with Gasteiger partial charge in [0.25, 0.3) is 0 Å². The third-order valence-electron chi connectivity index (χ3n) is 6.64. The van der Waals surface area contributed by atoms with Crippen LogP contribution in [-0.2, 0) is 0 Å². The van der Waals surface area contributed by atoms with Crippen molar-refractivity contribution in [2.45, 2.75) is 12.8 Å². The van der Waals surface area contributed by atoms with Crippen molar-refractivity contribution in [3.05, 3.63) is 107 Å². The first-order valence-electron chi connectivity index (χ1n) is 11.9. The number of ether oxygens (including phenoxy) is 2. The van der Waals surface area contributed by atoms with Gasteiger partial charge in [-0.25, -0.2) is 19.2 Å². The van der Waals surface area contributed by atoms with Gasteiger partial charge in [0.15, 0.2) is 11.5 Å². The average molecular weight is 522 g/mol. The summed E-state index contributed by atoms with van der Waals surface area (Å²) in [5.41, 5.74) is 5.80. The molecule has 186 valence electrons. The highest BCUT2D eigenvalue weighted by atomic mass is 35.5. The number of benzene rings is 2. The fraction of sp³-hybridized carbons (Fsp3) is 0.107. The molecule has 2 aromatic carbocycles. The monoisotopic (exact) mass is 521 g/mol. The lowest BCUT2D eigenvalue weighted by molar-refractivity contribution is 0.402. The fourth-order valence-corrected chi connectivity index (χ4v) is 5.09. The molecule has 4 aromatic heterocycles. The minimum Gasteiger partial charge on any atom is -0.497 e. The summed E-state index contributed by atoms with van der Waals surface area (Å²) in [5.74, 6) is 2.08. The molecule has 38 heavy (non-hydrogen) atoms. The number of rotatable bonds is 4. The van der Waals surface area contributed by atoms with Gasteiger partial charge >= 0.3 is 0 Å². The molecule has 0 bridgehead atoms. The second-order valence-electron chi connectivity index (χ2n) is 8.91. The lowest BCUT2D eigenvalue weighted by Gasteiger charge is -2.26. The number of fused-ring (bicyclic) bond motifs is 4. The van der Waals surface area contributed by atoms with Crippen LogP contribution in [-0.4, -0.2) is 41.5 Å². The maximum atomic E-state index is 6.46. The van der Waals surface area contributed by atoms with E-state index in [0.717, 1.165) is 39.4 Å². The fourth-order valence-electron chi connectivity index (χ4n) is 4.90. The minimum absolute atomic E-state index is 0.278. The van der Waals surface area contributed by atoms with Crippen molar-refractivity contribution in [3.8, 4) is 34.6 Å². The number of hydrogen-bond acceptors (Lipinski definition) is 7. The molecule has 0 amide bonds. The second kappa shape index (κ2) is 8.67. The smallest absolute Gasteiger partial charge is 0.230 e. The molecule has 10 heteroatoms. The predicted molar refractivity (Wildman–Crippen MR) is 141 cm³/mol. The van der Waals surface area contributed by atoms with Crippen LogP contribution in [0.4, 0.5) is 0 Å². The van der Waals surface area contributed by atoms with Gasteiger partial charge in [-0.15, -0.1) is 5.10 Å². The van der Waals surface area contributed by atoms with Gasteiger partial charge in [-0.3, -0.25) is 4.98 Å². The zero-order valence-electron chi connectivity index (χ0n) is 20.4. The maximum absolute atomic E-state index is 6.46. The summed E-state index contributed by atoms with van der Waals surface area (Å²) in [5, 5.41) is 10.2. The molecule has 0 saturated heterocycles. The van der Waals surface area contributed by atoms with Crippen molar-refractivity contribution in [2.24, 2.45) is 0 Å². The normalized spacial score (nSPS) is 14.1. The first-order valence-corrected chi connectivity index (χ1v) is 12.3. The van der Waals surface area contributed by atoms with Gasteiger partial charge in [0.1, 0.15) is 12.1 Å². The Kier molecular flexibility index (Phi) is 5.12. The highest BCUT2D eigenvalue weighted by Crippen LogP contribution is 2.49. The van der Waals surface area contributed by atoms with E-state index >= 15 is 0 Å². The number of hydrogen-bond donors (Lipinski definition) is 0. The van der Waals surface area contributed by atoms with Crippen molar-refractivity contribution in [1.29, 1.82) is 0 Å². The number of pyridine rings is 1. The highest BCUT2D eigenvalue weighted by Gasteiger charge is 2.38. The topological polar surface area (TPSA) is 92.3 Å². The van der Waals surface area contributed by atoms with E-state index in [1.807, 2.05) is 73.8 Å². The molecule has 6 aromatic rings. The molecule has 1 aliphatic heterocycles. The van der Waals surface area contributed by atoms with Gasteiger partial charge in [-0.2, -0.15) is 5.10 Å². The Labute approximate surface area is 222 Å². The van der Waals surface area contributed by atoms with E-state index in [0.29, 0.717) is 28.3 Å². The largest absolute Gasteiger partial charge is 0.497 e. The molecule has 0 N–H and O–H groups in total. The highest BCUT2D eigenvalue weighted by molar-refractivity contribution is 6.30. The molecule has 0 radical (unpaired) electrons. The molecule has 1 aliphatic rings. The molecule has 0 aliphatic carbocycles. The number of aromatic nitrogens is 7. The van der Waals surface area contributed by atoms with Gasteiger partial charge in [0, 0.05) is 23.0 Å². The van der Waals surface area contributed by atoms with Crippen LogP contribution in [0, 0.1) is 6.92 Å². The summed E-state index contributed by atoms with van der Waals surface area (Å²) in [6.45, 7) is 1.97. The van der Waals surface area contributed by atoms with Crippen molar-refractivity contribution >= 4 is 17.2 Å². The van der Waals surface area contributed by atoms with Gasteiger partial charge in [-0.05, 0) is 61.0 Å². The molecule has 0 fully saturated rings. The van der Waals surface area contributed by atoms with Crippen LogP contribution in [0.3, 0.4) is 0 Å². The number of methoxy groups -OCH3 is 1. The molecular formula is C28H20ClN7O2. The molecule has 0 saturated carbocycles. The second-order valence-corrected chi connectivity index (χ2v) is 9.35. The zero-order chi connectivity index (χ0) is 25.8. The molecule has 7 rings (SSSR count). The first kappa shape index (κ1) is 22.4. The van der Waals surface area contributed by atoms with Gasteiger partial charge in [0.2, 0.25) is 11.8 Å². The molecule has 0 spiro atoms. The van der Waals surface area contributed by atoms with E-state index in [1.165, 1.54) is 0 Å². The first-order chi connectivity index (χ1) is 18.6. The van der Waals surface area contributed by atoms with E-state index in [4.69, 9.17) is 36.3 Å². The molecular weight excluding hydrogens is 502 g/mol. The summed E-state index contributed by atoms with van der Waals surface area (Å²) in [4.78, 5) is 14.0. The molecule has 1 atom stereocenters. The minimum atomic E-state index is -0.278. The third-order valence-corrected chi connectivity index (χ3v) is 6.87. The standard InChI is InChI=1S/C28H20ClN7O2/c1-16-22-23(18-5-4-12-30-14-18)24-26-32-25(17-8-10-21(37-2)11-9-17)34-35(26)15-31-27(24)38-28(22)36(33-16)20-7-3-6-19(29)13-20/h3-15,23H,1-2H3/t23-/m0/s1. The van der Waals surface area contributed by atoms with Gasteiger partial charge in [-0.1, -0.05) is 23.7 Å². The van der Waals surface area contributed by atoms with Crippen LogP contribution in [0.2, 0.25) is 5.02 Å².